The van der Waals surface area contributed by atoms with Crippen LogP contribution in [-0.4, -0.2) is 55.0 Å². The van der Waals surface area contributed by atoms with Crippen molar-refractivity contribution in [3.05, 3.63) is 59.7 Å². The lowest BCUT2D eigenvalue weighted by Gasteiger charge is -2.28. The molecule has 3 aromatic rings. The Morgan fingerprint density at radius 3 is 2.42 bits per heavy atom. The van der Waals surface area contributed by atoms with Crippen LogP contribution in [0.4, 0.5) is 13.2 Å². The number of amides is 1. The second-order valence-electron chi connectivity index (χ2n) is 6.79. The van der Waals surface area contributed by atoms with E-state index < -0.39 is 17.8 Å². The van der Waals surface area contributed by atoms with Gasteiger partial charge in [0.25, 0.3) is 5.91 Å². The summed E-state index contributed by atoms with van der Waals surface area (Å²) in [5, 5.41) is 8.27. The summed E-state index contributed by atoms with van der Waals surface area (Å²) < 4.78 is 43.3. The number of nitrogens with zero attached hydrogens (tertiary/aromatic N) is 6. The maximum absolute atomic E-state index is 13.3. The first-order valence-electron chi connectivity index (χ1n) is 9.51. The smallest absolute Gasteiger partial charge is 0.419 e. The van der Waals surface area contributed by atoms with Crippen LogP contribution in [0.5, 0.6) is 6.01 Å². The minimum atomic E-state index is -4.52. The number of benzene rings is 1. The Labute approximate surface area is 176 Å². The Bertz CT molecular complexity index is 1020. The Balaban J connectivity index is 1.75. The highest BCUT2D eigenvalue weighted by Gasteiger charge is 2.31. The van der Waals surface area contributed by atoms with Crippen molar-refractivity contribution in [2.45, 2.75) is 33.0 Å². The van der Waals surface area contributed by atoms with E-state index >= 15 is 0 Å². The molecule has 0 bridgehead atoms. The van der Waals surface area contributed by atoms with Crippen LogP contribution in [0.1, 0.15) is 35.3 Å². The topological polar surface area (TPSA) is 86.0 Å². The van der Waals surface area contributed by atoms with Crippen molar-refractivity contribution in [3.8, 4) is 11.7 Å². The first-order valence-corrected chi connectivity index (χ1v) is 9.51. The van der Waals surface area contributed by atoms with Crippen molar-refractivity contribution in [2.75, 3.05) is 13.2 Å². The highest BCUT2D eigenvalue weighted by atomic mass is 19.4. The molecular formula is C20H21F3N6O2. The lowest BCUT2D eigenvalue weighted by molar-refractivity contribution is -0.138. The molecule has 2 heterocycles. The molecule has 0 aliphatic rings. The van der Waals surface area contributed by atoms with Crippen molar-refractivity contribution in [3.63, 3.8) is 0 Å². The van der Waals surface area contributed by atoms with Crippen molar-refractivity contribution in [1.82, 2.24) is 29.9 Å². The quantitative estimate of drug-likeness (QED) is 0.567. The zero-order valence-corrected chi connectivity index (χ0v) is 17.2. The van der Waals surface area contributed by atoms with Gasteiger partial charge in [-0.1, -0.05) is 12.1 Å². The van der Waals surface area contributed by atoms with Crippen LogP contribution in [0.3, 0.4) is 0 Å². The van der Waals surface area contributed by atoms with E-state index in [4.69, 9.17) is 4.74 Å². The number of aryl methyl sites for hydroxylation is 1. The summed E-state index contributed by atoms with van der Waals surface area (Å²) in [6.45, 7) is 5.85. The normalized spacial score (nSPS) is 12.5. The van der Waals surface area contributed by atoms with E-state index in [1.165, 1.54) is 17.2 Å². The summed E-state index contributed by atoms with van der Waals surface area (Å²) in [5.74, 6) is -0.247. The van der Waals surface area contributed by atoms with Gasteiger partial charge in [0.05, 0.1) is 29.6 Å². The van der Waals surface area contributed by atoms with Crippen LogP contribution in [-0.2, 0) is 6.18 Å². The summed E-state index contributed by atoms with van der Waals surface area (Å²) in [7, 11) is 0. The zero-order valence-electron chi connectivity index (χ0n) is 17.2. The van der Waals surface area contributed by atoms with Gasteiger partial charge in [0, 0.05) is 18.9 Å². The predicted octanol–water partition coefficient (Wildman–Crippen LogP) is 3.31. The number of carbonyl (C=O) groups is 1. The summed E-state index contributed by atoms with van der Waals surface area (Å²) in [6, 6.07) is 4.74. The molecule has 3 rings (SSSR count). The van der Waals surface area contributed by atoms with Crippen molar-refractivity contribution in [2.24, 2.45) is 0 Å². The summed E-state index contributed by atoms with van der Waals surface area (Å²) >= 11 is 0. The molecule has 1 amide bonds. The fraction of sp³-hybridized carbons (Fsp3) is 0.350. The van der Waals surface area contributed by atoms with Crippen molar-refractivity contribution >= 4 is 5.91 Å². The van der Waals surface area contributed by atoms with Gasteiger partial charge < -0.3 is 9.64 Å². The minimum Gasteiger partial charge on any atom is -0.461 e. The molecule has 11 heteroatoms. The van der Waals surface area contributed by atoms with Crippen molar-refractivity contribution < 1.29 is 22.7 Å². The highest BCUT2D eigenvalue weighted by Crippen LogP contribution is 2.28. The fourth-order valence-electron chi connectivity index (χ4n) is 3.06. The third-order valence-corrected chi connectivity index (χ3v) is 4.63. The number of likely N-dealkylation sites (N-methyl/N-ethyl adjacent to an activating group) is 1. The number of ether oxygens (including phenoxy) is 1. The van der Waals surface area contributed by atoms with Gasteiger partial charge in [0.15, 0.2) is 0 Å². The molecule has 1 atom stereocenters. The van der Waals surface area contributed by atoms with Gasteiger partial charge in [-0.2, -0.15) is 28.2 Å². The number of carbonyl (C=O) groups excluding carboxylic acids is 1. The van der Waals surface area contributed by atoms with Gasteiger partial charge >= 0.3 is 12.2 Å². The Hall–Kier alpha value is -3.50. The van der Waals surface area contributed by atoms with Crippen LogP contribution in [0.15, 0.2) is 43.0 Å². The average molecular weight is 434 g/mol. The van der Waals surface area contributed by atoms with Gasteiger partial charge in [-0.05, 0) is 32.4 Å². The van der Waals surface area contributed by atoms with Crippen LogP contribution in [0.25, 0.3) is 5.69 Å². The zero-order chi connectivity index (χ0) is 22.6. The highest BCUT2D eigenvalue weighted by molar-refractivity contribution is 5.98. The molecular weight excluding hydrogens is 413 g/mol. The molecule has 8 nitrogen and oxygen atoms in total. The van der Waals surface area contributed by atoms with Crippen LogP contribution >= 0.6 is 0 Å². The number of aromatic nitrogens is 5. The summed E-state index contributed by atoms with van der Waals surface area (Å²) in [5.41, 5.74) is 0.878. The Morgan fingerprint density at radius 2 is 1.84 bits per heavy atom. The predicted molar refractivity (Wildman–Crippen MR) is 105 cm³/mol. The number of alkyl halides is 3. The molecule has 2 aromatic heterocycles. The van der Waals surface area contributed by atoms with Crippen molar-refractivity contribution in [1.29, 1.82) is 0 Å². The molecule has 0 N–H and O–H groups in total. The molecule has 0 aliphatic carbocycles. The average Bonchev–Trinajstić information content (AvgIpc) is 3.26. The second kappa shape index (κ2) is 9.11. The monoisotopic (exact) mass is 434 g/mol. The maximum atomic E-state index is 13.3. The summed E-state index contributed by atoms with van der Waals surface area (Å²) in [4.78, 5) is 23.5. The standard InChI is InChI=1S/C20H21F3N6O2/c1-4-28(14(3)12-31-19-24-10-15(11-25-19)20(21,22)23)18(30)16-7-5-6-13(2)17(16)29-26-8-9-27-29/h5-11,14H,4,12H2,1-3H3/t14-/m0/s1. The van der Waals surface area contributed by atoms with E-state index in [9.17, 15) is 18.0 Å². The van der Waals surface area contributed by atoms with Crippen LogP contribution < -0.4 is 4.74 Å². The second-order valence-corrected chi connectivity index (χ2v) is 6.79. The molecule has 0 aliphatic heterocycles. The number of hydrogen-bond acceptors (Lipinski definition) is 6. The number of halogens is 3. The fourth-order valence-corrected chi connectivity index (χ4v) is 3.06. The van der Waals surface area contributed by atoms with Crippen LogP contribution in [0, 0.1) is 6.92 Å². The first kappa shape index (κ1) is 22.2. The molecule has 164 valence electrons. The molecule has 0 spiro atoms. The van der Waals surface area contributed by atoms with Gasteiger partial charge in [-0.3, -0.25) is 4.79 Å². The summed E-state index contributed by atoms with van der Waals surface area (Å²) in [6.07, 6.45) is -0.151. The molecule has 0 unspecified atom stereocenters. The number of rotatable bonds is 7. The molecule has 0 radical (unpaired) electrons. The third kappa shape index (κ3) is 4.98. The lowest BCUT2D eigenvalue weighted by Crippen LogP contribution is -2.42. The molecule has 31 heavy (non-hydrogen) atoms. The minimum absolute atomic E-state index is 0.00606. The maximum Gasteiger partial charge on any atom is 0.419 e. The van der Waals surface area contributed by atoms with Crippen LogP contribution in [0.2, 0.25) is 0 Å². The van der Waals surface area contributed by atoms with Gasteiger partial charge in [0.1, 0.15) is 12.3 Å². The van der Waals surface area contributed by atoms with Gasteiger partial charge in [-0.15, -0.1) is 0 Å². The number of para-hydroxylation sites is 1. The molecule has 1 aromatic carbocycles. The largest absolute Gasteiger partial charge is 0.461 e. The van der Waals surface area contributed by atoms with E-state index in [0.717, 1.165) is 5.56 Å². The Morgan fingerprint density at radius 1 is 1.19 bits per heavy atom. The first-order chi connectivity index (χ1) is 14.7. The van der Waals surface area contributed by atoms with E-state index in [1.54, 1.807) is 24.0 Å². The van der Waals surface area contributed by atoms with E-state index in [-0.39, 0.29) is 18.5 Å². The SMILES string of the molecule is CCN(C(=O)c1cccc(C)c1-n1nccn1)[C@@H](C)COc1ncc(C(F)(F)F)cn1. The molecule has 0 saturated heterocycles. The molecule has 0 fully saturated rings. The third-order valence-electron chi connectivity index (χ3n) is 4.63. The van der Waals surface area contributed by atoms with Gasteiger partial charge in [-0.25, -0.2) is 9.97 Å². The van der Waals surface area contributed by atoms with E-state index in [0.29, 0.717) is 30.2 Å². The lowest BCUT2D eigenvalue weighted by atomic mass is 10.1. The van der Waals surface area contributed by atoms with E-state index in [1.807, 2.05) is 19.9 Å². The molecule has 0 saturated carbocycles. The van der Waals surface area contributed by atoms with Gasteiger partial charge in [0.2, 0.25) is 0 Å². The van der Waals surface area contributed by atoms with E-state index in [2.05, 4.69) is 20.2 Å². The number of hydrogen-bond donors (Lipinski definition) is 0. The Kier molecular flexibility index (Phi) is 6.52.